The molecule has 2 aromatic carbocycles. The molecule has 0 fully saturated rings. The van der Waals surface area contributed by atoms with Crippen molar-refractivity contribution >= 4 is 17.5 Å². The van der Waals surface area contributed by atoms with Gasteiger partial charge in [0.25, 0.3) is 0 Å². The lowest BCUT2D eigenvalue weighted by molar-refractivity contribution is -0.121. The molecule has 1 N–H and O–H groups in total. The fraction of sp³-hybridized carbons (Fsp3) is 0.409. The first-order chi connectivity index (χ1) is 12.2. The van der Waals surface area contributed by atoms with E-state index in [1.807, 2.05) is 24.3 Å². The fourth-order valence-electron chi connectivity index (χ4n) is 3.61. The van der Waals surface area contributed by atoms with Crippen molar-refractivity contribution in [3.8, 4) is 0 Å². The van der Waals surface area contributed by atoms with Gasteiger partial charge in [-0.1, -0.05) is 54.9 Å². The molecule has 0 saturated carbocycles. The van der Waals surface area contributed by atoms with Crippen LogP contribution in [0.4, 0.5) is 0 Å². The summed E-state index contributed by atoms with van der Waals surface area (Å²) in [5, 5.41) is 3.93. The Kier molecular flexibility index (Phi) is 6.14. The molecule has 0 spiro atoms. The van der Waals surface area contributed by atoms with Crippen molar-refractivity contribution in [3.05, 3.63) is 69.7 Å². The van der Waals surface area contributed by atoms with Gasteiger partial charge in [0.05, 0.1) is 6.04 Å². The van der Waals surface area contributed by atoms with Crippen molar-refractivity contribution in [1.29, 1.82) is 0 Å². The summed E-state index contributed by atoms with van der Waals surface area (Å²) < 4.78 is 0. The molecule has 1 atom stereocenters. The molecule has 0 bridgehead atoms. The van der Waals surface area contributed by atoms with Crippen LogP contribution in [0.3, 0.4) is 0 Å². The number of rotatable bonds is 6. The quantitative estimate of drug-likeness (QED) is 0.736. The van der Waals surface area contributed by atoms with Crippen LogP contribution in [0.15, 0.2) is 42.5 Å². The van der Waals surface area contributed by atoms with Crippen LogP contribution in [0.25, 0.3) is 0 Å². The summed E-state index contributed by atoms with van der Waals surface area (Å²) in [6.07, 6.45) is 6.96. The average Bonchev–Trinajstić information content (AvgIpc) is 2.65. The van der Waals surface area contributed by atoms with Crippen LogP contribution in [0.2, 0.25) is 5.02 Å². The van der Waals surface area contributed by atoms with E-state index in [1.165, 1.54) is 42.4 Å². The first-order valence-corrected chi connectivity index (χ1v) is 9.69. The number of aryl methyl sites for hydroxylation is 3. The summed E-state index contributed by atoms with van der Waals surface area (Å²) in [5.74, 6) is 0.0875. The number of benzene rings is 2. The Hall–Kier alpha value is -1.80. The molecule has 132 valence electrons. The molecule has 0 radical (unpaired) electrons. The first kappa shape index (κ1) is 18.0. The molecule has 3 heteroatoms. The van der Waals surface area contributed by atoms with E-state index in [9.17, 15) is 4.79 Å². The minimum atomic E-state index is 0.0875. The van der Waals surface area contributed by atoms with Gasteiger partial charge >= 0.3 is 0 Å². The zero-order chi connectivity index (χ0) is 17.6. The third-order valence-electron chi connectivity index (χ3n) is 5.10. The summed E-state index contributed by atoms with van der Waals surface area (Å²) in [7, 11) is 0. The van der Waals surface area contributed by atoms with E-state index in [1.54, 1.807) is 0 Å². The van der Waals surface area contributed by atoms with Gasteiger partial charge < -0.3 is 5.32 Å². The molecular formula is C22H26ClNO. The molecule has 1 aliphatic rings. The molecule has 2 nitrogen and oxygen atoms in total. The predicted octanol–water partition coefficient (Wildman–Crippen LogP) is 5.42. The molecule has 0 aromatic heterocycles. The highest BCUT2D eigenvalue weighted by atomic mass is 35.5. The van der Waals surface area contributed by atoms with Crippen LogP contribution in [-0.4, -0.2) is 5.91 Å². The summed E-state index contributed by atoms with van der Waals surface area (Å²) in [4.78, 5) is 12.4. The van der Waals surface area contributed by atoms with Crippen LogP contribution in [-0.2, 0) is 24.1 Å². The van der Waals surface area contributed by atoms with Crippen LogP contribution in [0.5, 0.6) is 0 Å². The van der Waals surface area contributed by atoms with Gasteiger partial charge in [0.2, 0.25) is 5.91 Å². The lowest BCUT2D eigenvalue weighted by atomic mass is 9.89. The monoisotopic (exact) mass is 355 g/mol. The second-order valence-electron chi connectivity index (χ2n) is 6.86. The standard InChI is InChI=1S/C22H26ClNO/c1-2-21(19-12-11-16-7-3-4-9-18(16)15-19)24-22(25)14-13-17-8-5-6-10-20(17)23/h5-6,8,10-12,15,21H,2-4,7,9,13-14H2,1H3,(H,24,25). The maximum absolute atomic E-state index is 12.4. The van der Waals surface area contributed by atoms with E-state index < -0.39 is 0 Å². The van der Waals surface area contributed by atoms with Crippen LogP contribution in [0.1, 0.15) is 60.9 Å². The Bertz CT molecular complexity index is 741. The molecular weight excluding hydrogens is 330 g/mol. The van der Waals surface area contributed by atoms with E-state index in [4.69, 9.17) is 11.6 Å². The highest BCUT2D eigenvalue weighted by Crippen LogP contribution is 2.26. The van der Waals surface area contributed by atoms with Crippen LogP contribution < -0.4 is 5.32 Å². The number of carbonyl (C=O) groups is 1. The normalized spacial score (nSPS) is 14.6. The number of nitrogens with one attached hydrogen (secondary N) is 1. The van der Waals surface area contributed by atoms with Crippen molar-refractivity contribution in [2.75, 3.05) is 0 Å². The Labute approximate surface area is 155 Å². The Balaban J connectivity index is 1.61. The topological polar surface area (TPSA) is 29.1 Å². The lowest BCUT2D eigenvalue weighted by Crippen LogP contribution is -2.28. The highest BCUT2D eigenvalue weighted by Gasteiger charge is 2.16. The second-order valence-corrected chi connectivity index (χ2v) is 7.26. The van der Waals surface area contributed by atoms with Gasteiger partial charge in [-0.2, -0.15) is 0 Å². The smallest absolute Gasteiger partial charge is 0.220 e. The molecule has 25 heavy (non-hydrogen) atoms. The van der Waals surface area contributed by atoms with E-state index >= 15 is 0 Å². The van der Waals surface area contributed by atoms with Gasteiger partial charge in [-0.25, -0.2) is 0 Å². The Morgan fingerprint density at radius 3 is 2.64 bits per heavy atom. The zero-order valence-corrected chi connectivity index (χ0v) is 15.6. The minimum Gasteiger partial charge on any atom is -0.349 e. The third kappa shape index (κ3) is 4.64. The third-order valence-corrected chi connectivity index (χ3v) is 5.47. The van der Waals surface area contributed by atoms with E-state index in [0.29, 0.717) is 12.8 Å². The van der Waals surface area contributed by atoms with Gasteiger partial charge in [0.1, 0.15) is 0 Å². The van der Waals surface area contributed by atoms with E-state index in [0.717, 1.165) is 17.0 Å². The summed E-state index contributed by atoms with van der Waals surface area (Å²) in [6.45, 7) is 2.12. The predicted molar refractivity (Wildman–Crippen MR) is 104 cm³/mol. The number of hydrogen-bond donors (Lipinski definition) is 1. The number of carbonyl (C=O) groups excluding carboxylic acids is 1. The van der Waals surface area contributed by atoms with Crippen molar-refractivity contribution < 1.29 is 4.79 Å². The molecule has 0 heterocycles. The SMILES string of the molecule is CCC(NC(=O)CCc1ccccc1Cl)c1ccc2c(c1)CCCC2. The van der Waals surface area contributed by atoms with Gasteiger partial charge in [0, 0.05) is 11.4 Å². The number of fused-ring (bicyclic) bond motifs is 1. The van der Waals surface area contributed by atoms with Crippen molar-refractivity contribution in [1.82, 2.24) is 5.32 Å². The highest BCUT2D eigenvalue weighted by molar-refractivity contribution is 6.31. The molecule has 0 aliphatic heterocycles. The van der Waals surface area contributed by atoms with E-state index in [2.05, 4.69) is 30.4 Å². The van der Waals surface area contributed by atoms with E-state index in [-0.39, 0.29) is 11.9 Å². The van der Waals surface area contributed by atoms with Crippen LogP contribution in [0, 0.1) is 0 Å². The van der Waals surface area contributed by atoms with Crippen molar-refractivity contribution in [3.63, 3.8) is 0 Å². The first-order valence-electron chi connectivity index (χ1n) is 9.32. The number of hydrogen-bond acceptors (Lipinski definition) is 1. The summed E-state index contributed by atoms with van der Waals surface area (Å²) in [6, 6.07) is 14.6. The van der Waals surface area contributed by atoms with Gasteiger partial charge in [-0.3, -0.25) is 4.79 Å². The fourth-order valence-corrected chi connectivity index (χ4v) is 3.84. The molecule has 0 saturated heterocycles. The lowest BCUT2D eigenvalue weighted by Gasteiger charge is -2.22. The summed E-state index contributed by atoms with van der Waals surface area (Å²) >= 11 is 6.17. The number of amides is 1. The van der Waals surface area contributed by atoms with Gasteiger partial charge in [-0.15, -0.1) is 0 Å². The van der Waals surface area contributed by atoms with Gasteiger partial charge in [-0.05, 0) is 66.8 Å². The van der Waals surface area contributed by atoms with Crippen molar-refractivity contribution in [2.45, 2.75) is 57.9 Å². The van der Waals surface area contributed by atoms with Crippen molar-refractivity contribution in [2.24, 2.45) is 0 Å². The Morgan fingerprint density at radius 1 is 1.12 bits per heavy atom. The minimum absolute atomic E-state index is 0.0875. The molecule has 3 rings (SSSR count). The molecule has 2 aromatic rings. The largest absolute Gasteiger partial charge is 0.349 e. The average molecular weight is 356 g/mol. The van der Waals surface area contributed by atoms with Gasteiger partial charge in [0.15, 0.2) is 0 Å². The number of halogens is 1. The maximum Gasteiger partial charge on any atom is 0.220 e. The summed E-state index contributed by atoms with van der Waals surface area (Å²) in [5.41, 5.74) is 5.21. The molecule has 1 unspecified atom stereocenters. The Morgan fingerprint density at radius 2 is 1.88 bits per heavy atom. The second kappa shape index (κ2) is 8.53. The zero-order valence-electron chi connectivity index (χ0n) is 14.9. The molecule has 1 amide bonds. The molecule has 1 aliphatic carbocycles. The van der Waals surface area contributed by atoms with Crippen LogP contribution >= 0.6 is 11.6 Å². The maximum atomic E-state index is 12.4.